The number of carbonyl (C=O) groups excluding carboxylic acids is 1. The monoisotopic (exact) mass is 1110 g/mol. The molecule has 69 heavy (non-hydrogen) atoms. The molecule has 2 aromatic heterocycles. The largest absolute Gasteiger partial charge is 0.506 e. The molecule has 10 aromatic rings. The third kappa shape index (κ3) is 10.4. The van der Waals surface area contributed by atoms with Gasteiger partial charge in [-0.15, -0.1) is 11.3 Å². The van der Waals surface area contributed by atoms with E-state index in [4.69, 9.17) is 0 Å². The zero-order valence-electron chi connectivity index (χ0n) is 36.8. The number of alkyl halides is 3. The summed E-state index contributed by atoms with van der Waals surface area (Å²) in [7, 11) is -5.47. The van der Waals surface area contributed by atoms with Crippen LogP contribution in [0.15, 0.2) is 235 Å². The van der Waals surface area contributed by atoms with E-state index in [9.17, 15) is 37.0 Å². The predicted molar refractivity (Wildman–Crippen MR) is 275 cm³/mol. The Kier molecular flexibility index (Phi) is 16.2. The van der Waals surface area contributed by atoms with E-state index in [2.05, 4.69) is 6.58 Å². The Morgan fingerprint density at radius 3 is 1.36 bits per heavy atom. The van der Waals surface area contributed by atoms with Crippen molar-refractivity contribution in [3.63, 3.8) is 0 Å². The second kappa shape index (κ2) is 21.9. The number of thiophene rings is 1. The average Bonchev–Trinajstić information content (AvgIpc) is 3.74. The number of halogens is 3. The summed E-state index contributed by atoms with van der Waals surface area (Å²) in [6.07, 6.45) is -5.31. The van der Waals surface area contributed by atoms with Crippen molar-refractivity contribution in [1.29, 1.82) is 0 Å². The minimum Gasteiger partial charge on any atom is -0.506 e. The van der Waals surface area contributed by atoms with Crippen LogP contribution in [-0.4, -0.2) is 21.6 Å². The van der Waals surface area contributed by atoms with Crippen molar-refractivity contribution >= 4 is 89.0 Å². The number of aromatic hydroxyl groups is 1. The van der Waals surface area contributed by atoms with E-state index in [1.165, 1.54) is 17.4 Å². The summed E-state index contributed by atoms with van der Waals surface area (Å²) >= 11 is 1.41. The normalized spacial score (nSPS) is 11.4. The summed E-state index contributed by atoms with van der Waals surface area (Å²) in [6.45, 7) is 5.75. The van der Waals surface area contributed by atoms with Crippen molar-refractivity contribution in [3.8, 4) is 11.4 Å². The number of para-hydroxylation sites is 1. The zero-order chi connectivity index (χ0) is 48.1. The number of Topliss-reactive ketones (excluding diaryl/α,β-unsaturated/α-hetero) is 1. The van der Waals surface area contributed by atoms with E-state index >= 15 is 0 Å². The quantitative estimate of drug-likeness (QED) is 0.121. The molecular weight excluding hydrogens is 1070 g/mol. The molecule has 0 saturated heterocycles. The standard InChI is InChI=1S/C23H12F3NO3S.C18H15OP.C15H15OP.Eu/c24-23(25,26)21(29)19-20(28)15-11-18-14(13-8-4-5-9-17(13)31-18)10-16(15)27(22(19)30)12-6-2-1-3-7-12;19-20(16-10-4-1-5-11-16,17-12-6-2-7-13-17)18-14-8-3-9-15-18;1-13(2)17(16,14-9-5-3-6-10-14)15-11-7-4-8-12-15;/h1-11,28H;1-15H;3-12H,1H2,2H3;. The van der Waals surface area contributed by atoms with Crippen LogP contribution in [0.4, 0.5) is 13.2 Å². The Morgan fingerprint density at radius 2 is 0.942 bits per heavy atom. The second-order valence-electron chi connectivity index (χ2n) is 15.6. The molecule has 0 aliphatic heterocycles. The molecule has 2 heterocycles. The fraction of sp³-hybridized carbons (Fsp3) is 0.0357. The van der Waals surface area contributed by atoms with Crippen molar-refractivity contribution < 1.29 is 81.6 Å². The Hall–Kier alpha value is -5.77. The van der Waals surface area contributed by atoms with Crippen LogP contribution in [0.1, 0.15) is 17.3 Å². The maximum Gasteiger partial charge on any atom is 0.455 e. The van der Waals surface area contributed by atoms with Crippen LogP contribution >= 0.6 is 25.6 Å². The van der Waals surface area contributed by atoms with Crippen LogP contribution in [0.25, 0.3) is 36.8 Å². The Bertz CT molecular complexity index is 3430. The first-order chi connectivity index (χ1) is 32.7. The van der Waals surface area contributed by atoms with Gasteiger partial charge in [0.1, 0.15) is 11.3 Å². The fourth-order valence-corrected chi connectivity index (χ4v) is 14.2. The number of allylic oxidation sites excluding steroid dienone is 1. The number of rotatable bonds is 8. The van der Waals surface area contributed by atoms with E-state index in [1.807, 2.05) is 183 Å². The van der Waals surface area contributed by atoms with E-state index < -0.39 is 43.1 Å². The molecule has 0 fully saturated rings. The minimum absolute atomic E-state index is 0. The van der Waals surface area contributed by atoms with Crippen molar-refractivity contribution in [2.45, 2.75) is 13.1 Å². The molecule has 6 nitrogen and oxygen atoms in total. The summed E-state index contributed by atoms with van der Waals surface area (Å²) in [4.78, 5) is 25.2. The molecule has 10 rings (SSSR count). The first kappa shape index (κ1) is 51.1. The number of ketones is 1. The van der Waals surface area contributed by atoms with Crippen molar-refractivity contribution in [2.24, 2.45) is 0 Å². The Labute approximate surface area is 441 Å². The molecule has 0 amide bonds. The summed E-state index contributed by atoms with van der Waals surface area (Å²) in [6, 6.07) is 67.1. The molecule has 0 aliphatic carbocycles. The van der Waals surface area contributed by atoms with Crippen LogP contribution in [0, 0.1) is 49.4 Å². The third-order valence-electron chi connectivity index (χ3n) is 11.3. The number of carbonyl (C=O) groups is 1. The van der Waals surface area contributed by atoms with Gasteiger partial charge in [0.25, 0.3) is 11.3 Å². The van der Waals surface area contributed by atoms with Gasteiger partial charge in [-0.25, -0.2) is 0 Å². The Morgan fingerprint density at radius 1 is 0.551 bits per heavy atom. The van der Waals surface area contributed by atoms with E-state index in [-0.39, 0.29) is 66.0 Å². The molecule has 13 heteroatoms. The molecule has 0 spiro atoms. The molecule has 1 radical (unpaired) electrons. The number of hydrogen-bond acceptors (Lipinski definition) is 6. The first-order valence-electron chi connectivity index (χ1n) is 21.3. The molecule has 0 bridgehead atoms. The predicted octanol–water partition coefficient (Wildman–Crippen LogP) is 12.7. The molecule has 0 saturated carbocycles. The van der Waals surface area contributed by atoms with E-state index in [0.717, 1.165) is 51.9 Å². The molecular formula is C56H42EuF3NO5P2S. The van der Waals surface area contributed by atoms with Gasteiger partial charge in [0, 0.05) is 107 Å². The average molecular weight is 1110 g/mol. The van der Waals surface area contributed by atoms with E-state index in [1.54, 1.807) is 36.4 Å². The van der Waals surface area contributed by atoms with Gasteiger partial charge in [0.15, 0.2) is 14.3 Å². The maximum absolute atomic E-state index is 13.8. The Balaban J connectivity index is 0.000000161. The summed E-state index contributed by atoms with van der Waals surface area (Å²) in [5, 5.41) is 17.4. The SMILES string of the molecule is C=C(C)P(=O)(c1ccccc1)c1ccccc1.O=C(c1c(O)c2cc3sc4ccccc4c3cc2n(-c2ccccc2)c1=O)C(F)(F)F.O=P(c1ccccc1)(c1ccccc1)c1ccccc1.[Eu]. The molecule has 345 valence electrons. The minimum atomic E-state index is -5.31. The summed E-state index contributed by atoms with van der Waals surface area (Å²) in [5.41, 5.74) is -2.02. The second-order valence-corrected chi connectivity index (χ2v) is 22.5. The van der Waals surface area contributed by atoms with Crippen LogP contribution in [0.2, 0.25) is 0 Å². The fourth-order valence-electron chi connectivity index (χ4n) is 8.00. The number of pyridine rings is 1. The molecule has 0 unspecified atom stereocenters. The summed E-state index contributed by atoms with van der Waals surface area (Å²) in [5.74, 6) is -3.34. The molecule has 0 atom stereocenters. The number of benzene rings is 8. The van der Waals surface area contributed by atoms with E-state index in [0.29, 0.717) is 4.70 Å². The van der Waals surface area contributed by atoms with Crippen LogP contribution in [-0.2, 0) is 9.13 Å². The van der Waals surface area contributed by atoms with Gasteiger partial charge >= 0.3 is 6.18 Å². The zero-order valence-corrected chi connectivity index (χ0v) is 41.9. The molecule has 8 aromatic carbocycles. The van der Waals surface area contributed by atoms with Crippen LogP contribution in [0.5, 0.6) is 5.75 Å². The summed E-state index contributed by atoms with van der Waals surface area (Å²) < 4.78 is 69.4. The van der Waals surface area contributed by atoms with Gasteiger partial charge < -0.3 is 14.2 Å². The molecule has 0 aliphatic rings. The number of fused-ring (bicyclic) bond motifs is 4. The van der Waals surface area contributed by atoms with Gasteiger partial charge in [-0.1, -0.05) is 195 Å². The third-order valence-corrected chi connectivity index (χ3v) is 18.6. The topological polar surface area (TPSA) is 93.4 Å². The number of aromatic nitrogens is 1. The number of nitrogens with zero attached hydrogens (tertiary/aromatic N) is 1. The first-order valence-corrected chi connectivity index (χ1v) is 25.5. The van der Waals surface area contributed by atoms with Gasteiger partial charge in [0.2, 0.25) is 0 Å². The van der Waals surface area contributed by atoms with Crippen LogP contribution in [0.3, 0.4) is 0 Å². The van der Waals surface area contributed by atoms with Gasteiger partial charge in [0.05, 0.1) is 5.52 Å². The van der Waals surface area contributed by atoms with Crippen molar-refractivity contribution in [1.82, 2.24) is 4.57 Å². The van der Waals surface area contributed by atoms with Gasteiger partial charge in [-0.2, -0.15) is 13.2 Å². The van der Waals surface area contributed by atoms with Crippen molar-refractivity contribution in [2.75, 3.05) is 0 Å². The van der Waals surface area contributed by atoms with Crippen LogP contribution < -0.4 is 32.1 Å². The maximum atomic E-state index is 13.8. The molecule has 1 N–H and O–H groups in total. The van der Waals surface area contributed by atoms with Gasteiger partial charge in [-0.05, 0) is 42.6 Å². The van der Waals surface area contributed by atoms with Gasteiger partial charge in [-0.3, -0.25) is 14.2 Å². The van der Waals surface area contributed by atoms with Crippen molar-refractivity contribution in [3.05, 3.63) is 246 Å². The number of hydrogen-bond donors (Lipinski definition) is 1. The smallest absolute Gasteiger partial charge is 0.455 e.